The zero-order valence-electron chi connectivity index (χ0n) is 14.1. The Morgan fingerprint density at radius 2 is 1.58 bits per heavy atom. The number of halogens is 1. The van der Waals surface area contributed by atoms with Gasteiger partial charge in [0.25, 0.3) is 0 Å². The molecule has 6 heteroatoms. The van der Waals surface area contributed by atoms with Crippen LogP contribution in [0, 0.1) is 0 Å². The van der Waals surface area contributed by atoms with Crippen molar-refractivity contribution in [2.45, 2.75) is 13.0 Å². The van der Waals surface area contributed by atoms with E-state index in [1.807, 2.05) is 43.4 Å². The number of anilines is 1. The molecule has 0 saturated heterocycles. The van der Waals surface area contributed by atoms with E-state index < -0.39 is 0 Å². The van der Waals surface area contributed by atoms with E-state index in [9.17, 15) is 4.79 Å². The number of benzene rings is 2. The number of amides is 1. The molecule has 0 aliphatic carbocycles. The highest BCUT2D eigenvalue weighted by Gasteiger charge is 2.08. The van der Waals surface area contributed by atoms with Gasteiger partial charge in [0.2, 0.25) is 5.91 Å². The van der Waals surface area contributed by atoms with Crippen LogP contribution in [0.3, 0.4) is 0 Å². The average Bonchev–Trinajstić information content (AvgIpc) is 2.56. The van der Waals surface area contributed by atoms with Gasteiger partial charge >= 0.3 is 0 Å². The molecule has 0 aliphatic rings. The van der Waals surface area contributed by atoms with Gasteiger partial charge in [0.05, 0.1) is 20.6 Å². The number of hydrogen-bond donors (Lipinski definition) is 2. The molecule has 130 valence electrons. The lowest BCUT2D eigenvalue weighted by Crippen LogP contribution is -2.14. The van der Waals surface area contributed by atoms with Gasteiger partial charge in [-0.1, -0.05) is 18.2 Å². The molecule has 0 bridgehead atoms. The summed E-state index contributed by atoms with van der Waals surface area (Å²) in [6.07, 6.45) is 0.276. The van der Waals surface area contributed by atoms with Crippen molar-refractivity contribution in [3.63, 3.8) is 0 Å². The summed E-state index contributed by atoms with van der Waals surface area (Å²) in [6, 6.07) is 13.3. The van der Waals surface area contributed by atoms with Crippen molar-refractivity contribution in [2.75, 3.05) is 26.6 Å². The Kier molecular flexibility index (Phi) is 8.09. The van der Waals surface area contributed by atoms with Crippen molar-refractivity contribution in [1.29, 1.82) is 0 Å². The van der Waals surface area contributed by atoms with E-state index in [1.54, 1.807) is 20.3 Å². The molecule has 5 nitrogen and oxygen atoms in total. The van der Waals surface area contributed by atoms with Gasteiger partial charge in [0, 0.05) is 12.2 Å². The van der Waals surface area contributed by atoms with E-state index in [0.717, 1.165) is 17.8 Å². The molecule has 1 amide bonds. The standard InChI is InChI=1S/C18H22N2O3.ClH/c1-19-12-13-4-7-15(8-5-13)20-18(21)11-14-6-9-16(22-2)17(10-14)23-3;/h4-10,19H,11-12H2,1-3H3,(H,20,21);1H. The van der Waals surface area contributed by atoms with Crippen LogP contribution in [0.2, 0.25) is 0 Å². The summed E-state index contributed by atoms with van der Waals surface area (Å²) in [5.74, 6) is 1.20. The van der Waals surface area contributed by atoms with E-state index in [-0.39, 0.29) is 24.7 Å². The molecular weight excluding hydrogens is 328 g/mol. The summed E-state index contributed by atoms with van der Waals surface area (Å²) in [5, 5.41) is 5.98. The van der Waals surface area contributed by atoms with Crippen molar-refractivity contribution in [3.8, 4) is 11.5 Å². The molecule has 0 aromatic heterocycles. The first kappa shape index (κ1) is 19.8. The molecule has 2 aromatic carbocycles. The molecule has 0 saturated carbocycles. The summed E-state index contributed by atoms with van der Waals surface area (Å²) in [4.78, 5) is 12.2. The van der Waals surface area contributed by atoms with Gasteiger partial charge < -0.3 is 20.1 Å². The molecule has 24 heavy (non-hydrogen) atoms. The fourth-order valence-electron chi connectivity index (χ4n) is 2.29. The molecule has 0 aliphatic heterocycles. The van der Waals surface area contributed by atoms with Crippen LogP contribution >= 0.6 is 12.4 Å². The molecule has 0 heterocycles. The Labute approximate surface area is 148 Å². The van der Waals surface area contributed by atoms with Gasteiger partial charge in [-0.15, -0.1) is 12.4 Å². The maximum Gasteiger partial charge on any atom is 0.228 e. The summed E-state index contributed by atoms with van der Waals surface area (Å²) < 4.78 is 10.4. The Balaban J connectivity index is 0.00000288. The second-order valence-electron chi connectivity index (χ2n) is 5.14. The lowest BCUT2D eigenvalue weighted by molar-refractivity contribution is -0.115. The van der Waals surface area contributed by atoms with Crippen LogP contribution in [-0.2, 0) is 17.8 Å². The SMILES string of the molecule is CNCc1ccc(NC(=O)Cc2ccc(OC)c(OC)c2)cc1.Cl. The summed E-state index contributed by atoms with van der Waals surface area (Å²) in [6.45, 7) is 0.805. The highest BCUT2D eigenvalue weighted by Crippen LogP contribution is 2.27. The first-order chi connectivity index (χ1) is 11.2. The smallest absolute Gasteiger partial charge is 0.228 e. The third-order valence-corrected chi connectivity index (χ3v) is 3.43. The van der Waals surface area contributed by atoms with Crippen LogP contribution in [0.25, 0.3) is 0 Å². The monoisotopic (exact) mass is 350 g/mol. The zero-order valence-corrected chi connectivity index (χ0v) is 14.9. The highest BCUT2D eigenvalue weighted by atomic mass is 35.5. The minimum atomic E-state index is -0.0708. The molecule has 0 spiro atoms. The van der Waals surface area contributed by atoms with Gasteiger partial charge in [0.1, 0.15) is 0 Å². The van der Waals surface area contributed by atoms with Crippen LogP contribution in [-0.4, -0.2) is 27.2 Å². The van der Waals surface area contributed by atoms with Crippen molar-refractivity contribution in [2.24, 2.45) is 0 Å². The van der Waals surface area contributed by atoms with Gasteiger partial charge in [-0.05, 0) is 42.4 Å². The molecule has 0 atom stereocenters. The number of carbonyl (C=O) groups is 1. The summed E-state index contributed by atoms with van der Waals surface area (Å²) in [5.41, 5.74) is 2.83. The molecule has 0 radical (unpaired) electrons. The Hall–Kier alpha value is -2.24. The fraction of sp³-hybridized carbons (Fsp3) is 0.278. The molecule has 2 aromatic rings. The van der Waals surface area contributed by atoms with Crippen LogP contribution in [0.15, 0.2) is 42.5 Å². The zero-order chi connectivity index (χ0) is 16.7. The van der Waals surface area contributed by atoms with Crippen LogP contribution in [0.4, 0.5) is 5.69 Å². The van der Waals surface area contributed by atoms with Crippen LogP contribution in [0.5, 0.6) is 11.5 Å². The quantitative estimate of drug-likeness (QED) is 0.805. The van der Waals surface area contributed by atoms with Gasteiger partial charge in [0.15, 0.2) is 11.5 Å². The van der Waals surface area contributed by atoms with E-state index >= 15 is 0 Å². The highest BCUT2D eigenvalue weighted by molar-refractivity contribution is 5.92. The number of methoxy groups -OCH3 is 2. The van der Waals surface area contributed by atoms with Crippen molar-refractivity contribution >= 4 is 24.0 Å². The van der Waals surface area contributed by atoms with Crippen molar-refractivity contribution in [1.82, 2.24) is 5.32 Å². The third-order valence-electron chi connectivity index (χ3n) is 3.43. The summed E-state index contributed by atoms with van der Waals surface area (Å²) >= 11 is 0. The minimum Gasteiger partial charge on any atom is -0.493 e. The van der Waals surface area contributed by atoms with Gasteiger partial charge in [-0.3, -0.25) is 4.79 Å². The molecule has 0 unspecified atom stereocenters. The second kappa shape index (κ2) is 9.80. The number of carbonyl (C=O) groups excluding carboxylic acids is 1. The number of rotatable bonds is 7. The van der Waals surface area contributed by atoms with Gasteiger partial charge in [-0.2, -0.15) is 0 Å². The van der Waals surface area contributed by atoms with Crippen LogP contribution in [0.1, 0.15) is 11.1 Å². The minimum absolute atomic E-state index is 0. The van der Waals surface area contributed by atoms with Crippen LogP contribution < -0.4 is 20.1 Å². The fourth-order valence-corrected chi connectivity index (χ4v) is 2.29. The third kappa shape index (κ3) is 5.44. The Bertz CT molecular complexity index is 660. The predicted molar refractivity (Wildman–Crippen MR) is 98.3 cm³/mol. The Morgan fingerprint density at radius 1 is 0.958 bits per heavy atom. The van der Waals surface area contributed by atoms with E-state index in [2.05, 4.69) is 10.6 Å². The molecular formula is C18H23ClN2O3. The normalized spacial score (nSPS) is 9.79. The number of nitrogens with one attached hydrogen (secondary N) is 2. The maximum absolute atomic E-state index is 12.2. The lowest BCUT2D eigenvalue weighted by atomic mass is 10.1. The predicted octanol–water partition coefficient (Wildman–Crippen LogP) is 3.03. The van der Waals surface area contributed by atoms with E-state index in [4.69, 9.17) is 9.47 Å². The summed E-state index contributed by atoms with van der Waals surface area (Å²) in [7, 11) is 5.06. The molecule has 2 rings (SSSR count). The maximum atomic E-state index is 12.2. The second-order valence-corrected chi connectivity index (χ2v) is 5.14. The first-order valence-corrected chi connectivity index (χ1v) is 7.40. The largest absolute Gasteiger partial charge is 0.493 e. The molecule has 0 fully saturated rings. The number of hydrogen-bond acceptors (Lipinski definition) is 4. The van der Waals surface area contributed by atoms with E-state index in [0.29, 0.717) is 11.5 Å². The van der Waals surface area contributed by atoms with Gasteiger partial charge in [-0.25, -0.2) is 0 Å². The van der Waals surface area contributed by atoms with Crippen molar-refractivity contribution < 1.29 is 14.3 Å². The lowest BCUT2D eigenvalue weighted by Gasteiger charge is -2.10. The average molecular weight is 351 g/mol. The topological polar surface area (TPSA) is 59.6 Å². The molecule has 2 N–H and O–H groups in total. The Morgan fingerprint density at radius 3 is 2.17 bits per heavy atom. The number of ether oxygens (including phenoxy) is 2. The van der Waals surface area contributed by atoms with E-state index in [1.165, 1.54) is 5.56 Å². The van der Waals surface area contributed by atoms with Crippen molar-refractivity contribution in [3.05, 3.63) is 53.6 Å². The first-order valence-electron chi connectivity index (χ1n) is 7.40.